The Morgan fingerprint density at radius 2 is 2.35 bits per heavy atom. The Morgan fingerprint density at radius 3 is 3.00 bits per heavy atom. The first-order valence-corrected chi connectivity index (χ1v) is 5.77. The van der Waals surface area contributed by atoms with E-state index >= 15 is 0 Å². The van der Waals surface area contributed by atoms with Crippen molar-refractivity contribution in [3.8, 4) is 0 Å². The molecule has 5 heteroatoms. The van der Waals surface area contributed by atoms with Gasteiger partial charge in [-0.3, -0.25) is 5.84 Å². The summed E-state index contributed by atoms with van der Waals surface area (Å²) in [5.41, 5.74) is 3.41. The van der Waals surface area contributed by atoms with Crippen molar-refractivity contribution < 1.29 is 9.15 Å². The number of rotatable bonds is 5. The Morgan fingerprint density at radius 1 is 1.53 bits per heavy atom. The van der Waals surface area contributed by atoms with E-state index in [-0.39, 0.29) is 6.04 Å². The highest BCUT2D eigenvalue weighted by Gasteiger charge is 2.15. The lowest BCUT2D eigenvalue weighted by atomic mass is 10.1. The van der Waals surface area contributed by atoms with Gasteiger partial charge in [-0.25, -0.2) is 5.43 Å². The number of fused-ring (bicyclic) bond motifs is 1. The van der Waals surface area contributed by atoms with Crippen LogP contribution in [0.15, 0.2) is 28.7 Å². The molecule has 0 aliphatic heterocycles. The molecule has 3 N–H and O–H groups in total. The summed E-state index contributed by atoms with van der Waals surface area (Å²) in [5.74, 6) is 6.28. The molecular formula is C12H15ClN2O2. The smallest absolute Gasteiger partial charge is 0.152 e. The molecule has 1 aromatic carbocycles. The Labute approximate surface area is 105 Å². The number of hydrogen-bond donors (Lipinski definition) is 2. The molecule has 1 unspecified atom stereocenters. The molecule has 0 aliphatic rings. The summed E-state index contributed by atoms with van der Waals surface area (Å²) >= 11 is 6.05. The quantitative estimate of drug-likeness (QED) is 0.636. The molecule has 1 heterocycles. The lowest BCUT2D eigenvalue weighted by molar-refractivity contribution is 0.179. The monoisotopic (exact) mass is 254 g/mol. The summed E-state index contributed by atoms with van der Waals surface area (Å²) in [6.07, 6.45) is 0.741. The van der Waals surface area contributed by atoms with E-state index in [4.69, 9.17) is 26.6 Å². The number of methoxy groups -OCH3 is 1. The van der Waals surface area contributed by atoms with Crippen molar-refractivity contribution in [2.24, 2.45) is 5.84 Å². The number of nitrogens with two attached hydrogens (primary N) is 1. The fourth-order valence-corrected chi connectivity index (χ4v) is 1.98. The van der Waals surface area contributed by atoms with Gasteiger partial charge in [0.05, 0.1) is 11.1 Å². The average Bonchev–Trinajstić information content (AvgIpc) is 2.75. The highest BCUT2D eigenvalue weighted by Crippen LogP contribution is 2.30. The predicted octanol–water partition coefficient (Wildman–Crippen LogP) is 2.63. The highest BCUT2D eigenvalue weighted by atomic mass is 35.5. The first kappa shape index (κ1) is 12.4. The molecule has 0 spiro atoms. The Balaban J connectivity index is 2.31. The van der Waals surface area contributed by atoms with Crippen molar-refractivity contribution in [3.05, 3.63) is 35.0 Å². The molecule has 0 saturated carbocycles. The standard InChI is InChI=1S/C12H15ClN2O2/c1-16-6-5-10(15-14)11-7-8-3-2-4-9(13)12(8)17-11/h2-4,7,10,15H,5-6,14H2,1H3. The molecule has 1 aromatic heterocycles. The summed E-state index contributed by atoms with van der Waals surface area (Å²) in [6, 6.07) is 7.53. The van der Waals surface area contributed by atoms with Gasteiger partial charge in [0.15, 0.2) is 5.58 Å². The van der Waals surface area contributed by atoms with Crippen molar-refractivity contribution in [1.29, 1.82) is 0 Å². The maximum atomic E-state index is 6.05. The first-order chi connectivity index (χ1) is 8.26. The summed E-state index contributed by atoms with van der Waals surface area (Å²) in [6.45, 7) is 0.611. The number of nitrogens with one attached hydrogen (secondary N) is 1. The SMILES string of the molecule is COCCC(NN)c1cc2cccc(Cl)c2o1. The number of hydrazine groups is 1. The summed E-state index contributed by atoms with van der Waals surface area (Å²) in [7, 11) is 1.66. The van der Waals surface area contributed by atoms with E-state index in [0.29, 0.717) is 17.2 Å². The number of hydrogen-bond acceptors (Lipinski definition) is 4. The minimum Gasteiger partial charge on any atom is -0.458 e. The number of ether oxygens (including phenoxy) is 1. The summed E-state index contributed by atoms with van der Waals surface area (Å²) in [5, 5.41) is 1.58. The number of furan rings is 1. The third-order valence-corrected chi connectivity index (χ3v) is 2.97. The third kappa shape index (κ3) is 2.61. The van der Waals surface area contributed by atoms with Crippen molar-refractivity contribution in [1.82, 2.24) is 5.43 Å². The van der Waals surface area contributed by atoms with E-state index in [0.717, 1.165) is 17.6 Å². The molecule has 2 aromatic rings. The van der Waals surface area contributed by atoms with Crippen LogP contribution in [0.25, 0.3) is 11.0 Å². The van der Waals surface area contributed by atoms with Gasteiger partial charge in [0.2, 0.25) is 0 Å². The molecule has 2 rings (SSSR count). The van der Waals surface area contributed by atoms with Gasteiger partial charge in [-0.2, -0.15) is 0 Å². The molecule has 4 nitrogen and oxygen atoms in total. The molecule has 1 atom stereocenters. The van der Waals surface area contributed by atoms with E-state index in [1.54, 1.807) is 13.2 Å². The summed E-state index contributed by atoms with van der Waals surface area (Å²) < 4.78 is 10.7. The van der Waals surface area contributed by atoms with Gasteiger partial charge in [0, 0.05) is 19.1 Å². The van der Waals surface area contributed by atoms with Crippen LogP contribution in [0.2, 0.25) is 5.02 Å². The molecule has 0 radical (unpaired) electrons. The zero-order chi connectivity index (χ0) is 12.3. The first-order valence-electron chi connectivity index (χ1n) is 5.39. The number of para-hydroxylation sites is 1. The van der Waals surface area contributed by atoms with Crippen LogP contribution in [-0.2, 0) is 4.74 Å². The van der Waals surface area contributed by atoms with Gasteiger partial charge in [-0.15, -0.1) is 0 Å². The van der Waals surface area contributed by atoms with Gasteiger partial charge < -0.3 is 9.15 Å². The van der Waals surface area contributed by atoms with Crippen molar-refractivity contribution in [2.45, 2.75) is 12.5 Å². The summed E-state index contributed by atoms with van der Waals surface area (Å²) in [4.78, 5) is 0. The van der Waals surface area contributed by atoms with Gasteiger partial charge >= 0.3 is 0 Å². The fourth-order valence-electron chi connectivity index (χ4n) is 1.76. The van der Waals surface area contributed by atoms with Gasteiger partial charge in [-0.05, 0) is 18.6 Å². The van der Waals surface area contributed by atoms with Crippen LogP contribution in [-0.4, -0.2) is 13.7 Å². The Kier molecular flexibility index (Phi) is 4.02. The van der Waals surface area contributed by atoms with Crippen molar-refractivity contribution in [2.75, 3.05) is 13.7 Å². The third-order valence-electron chi connectivity index (χ3n) is 2.67. The van der Waals surface area contributed by atoms with Crippen LogP contribution in [0.1, 0.15) is 18.2 Å². The lowest BCUT2D eigenvalue weighted by Crippen LogP contribution is -2.28. The molecule has 0 amide bonds. The maximum Gasteiger partial charge on any atom is 0.152 e. The van der Waals surface area contributed by atoms with E-state index in [9.17, 15) is 0 Å². The van der Waals surface area contributed by atoms with Crippen molar-refractivity contribution >= 4 is 22.6 Å². The van der Waals surface area contributed by atoms with Crippen LogP contribution in [0, 0.1) is 0 Å². The van der Waals surface area contributed by atoms with E-state index in [1.165, 1.54) is 0 Å². The van der Waals surface area contributed by atoms with Crippen LogP contribution in [0.3, 0.4) is 0 Å². The highest BCUT2D eigenvalue weighted by molar-refractivity contribution is 6.34. The van der Waals surface area contributed by atoms with Crippen LogP contribution in [0.5, 0.6) is 0 Å². The normalized spacial score (nSPS) is 13.1. The van der Waals surface area contributed by atoms with Crippen LogP contribution < -0.4 is 11.3 Å². The molecular weight excluding hydrogens is 240 g/mol. The largest absolute Gasteiger partial charge is 0.458 e. The number of halogens is 1. The minimum atomic E-state index is -0.0709. The molecule has 0 fully saturated rings. The van der Waals surface area contributed by atoms with Crippen molar-refractivity contribution in [3.63, 3.8) is 0 Å². The van der Waals surface area contributed by atoms with E-state index in [1.807, 2.05) is 18.2 Å². The van der Waals surface area contributed by atoms with Crippen LogP contribution in [0.4, 0.5) is 0 Å². The second kappa shape index (κ2) is 5.51. The second-order valence-electron chi connectivity index (χ2n) is 3.81. The van der Waals surface area contributed by atoms with Gasteiger partial charge in [-0.1, -0.05) is 23.7 Å². The molecule has 92 valence electrons. The Hall–Kier alpha value is -1.07. The topological polar surface area (TPSA) is 60.4 Å². The average molecular weight is 255 g/mol. The number of benzene rings is 1. The zero-order valence-corrected chi connectivity index (χ0v) is 10.3. The van der Waals surface area contributed by atoms with Crippen LogP contribution >= 0.6 is 11.6 Å². The minimum absolute atomic E-state index is 0.0709. The molecule has 0 bridgehead atoms. The second-order valence-corrected chi connectivity index (χ2v) is 4.21. The van der Waals surface area contributed by atoms with E-state index in [2.05, 4.69) is 5.43 Å². The van der Waals surface area contributed by atoms with E-state index < -0.39 is 0 Å². The lowest BCUT2D eigenvalue weighted by Gasteiger charge is -2.11. The molecule has 17 heavy (non-hydrogen) atoms. The maximum absolute atomic E-state index is 6.05. The predicted molar refractivity (Wildman–Crippen MR) is 67.8 cm³/mol. The molecule has 0 saturated heterocycles. The van der Waals surface area contributed by atoms with Gasteiger partial charge in [0.25, 0.3) is 0 Å². The fraction of sp³-hybridized carbons (Fsp3) is 0.333. The zero-order valence-electron chi connectivity index (χ0n) is 9.57. The molecule has 0 aliphatic carbocycles. The Bertz CT molecular complexity index is 498. The van der Waals surface area contributed by atoms with Gasteiger partial charge in [0.1, 0.15) is 5.76 Å².